The highest BCUT2D eigenvalue weighted by atomic mass is 79.9. The average molecular weight is 477 g/mol. The smallest absolute Gasteiger partial charge is 0.350 e. The maximum atomic E-state index is 12.6. The average Bonchev–Trinajstić information content (AvgIpc) is 3.25. The third-order valence-electron chi connectivity index (χ3n) is 5.07. The molecule has 2 aromatic carbocycles. The van der Waals surface area contributed by atoms with Crippen molar-refractivity contribution < 1.29 is 4.74 Å². The van der Waals surface area contributed by atoms with Crippen LogP contribution < -0.4 is 10.4 Å². The van der Waals surface area contributed by atoms with Gasteiger partial charge >= 0.3 is 5.69 Å². The zero-order valence-corrected chi connectivity index (χ0v) is 18.2. The summed E-state index contributed by atoms with van der Waals surface area (Å²) in [5.74, 6) is 1.26. The second kappa shape index (κ2) is 7.92. The van der Waals surface area contributed by atoms with E-state index in [0.29, 0.717) is 35.8 Å². The van der Waals surface area contributed by atoms with Gasteiger partial charge in [0.15, 0.2) is 11.5 Å². The minimum atomic E-state index is -0.359. The number of imidazole rings is 2. The van der Waals surface area contributed by atoms with Crippen molar-refractivity contribution in [2.75, 3.05) is 7.11 Å². The molecule has 5 rings (SSSR count). The van der Waals surface area contributed by atoms with Crippen LogP contribution in [0.3, 0.4) is 0 Å². The first kappa shape index (κ1) is 19.4. The molecule has 0 radical (unpaired) electrons. The van der Waals surface area contributed by atoms with Crippen molar-refractivity contribution in [3.63, 3.8) is 0 Å². The van der Waals surface area contributed by atoms with E-state index in [9.17, 15) is 4.79 Å². The number of methoxy groups -OCH3 is 1. The minimum Gasteiger partial charge on any atom is -0.497 e. The first-order valence-electron chi connectivity index (χ1n) is 9.56. The van der Waals surface area contributed by atoms with Gasteiger partial charge in [0.05, 0.1) is 26.5 Å². The molecule has 0 saturated carbocycles. The number of rotatable bonds is 5. The highest BCUT2D eigenvalue weighted by molar-refractivity contribution is 9.10. The molecule has 9 heteroatoms. The molecule has 1 aromatic heterocycles. The Bertz CT molecular complexity index is 1390. The molecule has 0 unspecified atom stereocenters. The lowest BCUT2D eigenvalue weighted by atomic mass is 10.2. The third-order valence-corrected chi connectivity index (χ3v) is 5.59. The van der Waals surface area contributed by atoms with Gasteiger partial charge in [0.25, 0.3) is 0 Å². The van der Waals surface area contributed by atoms with Crippen LogP contribution in [0.15, 0.2) is 70.5 Å². The number of aromatic nitrogens is 6. The van der Waals surface area contributed by atoms with Crippen LogP contribution in [0.2, 0.25) is 0 Å². The molecule has 154 valence electrons. The van der Waals surface area contributed by atoms with Crippen LogP contribution in [-0.4, -0.2) is 36.2 Å². The monoisotopic (exact) mass is 476 g/mol. The minimum absolute atomic E-state index is 0.359. The lowest BCUT2D eigenvalue weighted by molar-refractivity contribution is 0.414. The lowest BCUT2D eigenvalue weighted by Gasteiger charge is -2.04. The largest absolute Gasteiger partial charge is 0.497 e. The van der Waals surface area contributed by atoms with E-state index >= 15 is 0 Å². The topological polar surface area (TPSA) is 87.7 Å². The fourth-order valence-corrected chi connectivity index (χ4v) is 3.75. The van der Waals surface area contributed by atoms with E-state index in [4.69, 9.17) is 4.74 Å². The summed E-state index contributed by atoms with van der Waals surface area (Å²) in [5.41, 5.74) is 3.30. The zero-order chi connectivity index (χ0) is 21.4. The predicted molar refractivity (Wildman–Crippen MR) is 119 cm³/mol. The molecule has 0 aliphatic carbocycles. The van der Waals surface area contributed by atoms with Crippen molar-refractivity contribution in [3.8, 4) is 17.3 Å². The fourth-order valence-electron chi connectivity index (χ4n) is 3.49. The van der Waals surface area contributed by atoms with Crippen LogP contribution >= 0.6 is 15.9 Å². The maximum Gasteiger partial charge on any atom is 0.350 e. The molecular weight excluding hydrogens is 460 g/mol. The number of hydrogen-bond donors (Lipinski definition) is 0. The summed E-state index contributed by atoms with van der Waals surface area (Å²) in [6.07, 6.45) is 3.16. The number of halogens is 1. The first-order valence-corrected chi connectivity index (χ1v) is 10.4. The van der Waals surface area contributed by atoms with E-state index < -0.39 is 0 Å². The summed E-state index contributed by atoms with van der Waals surface area (Å²) < 4.78 is 9.65. The highest BCUT2D eigenvalue weighted by Gasteiger charge is 2.21. The standard InChI is InChI=1S/C22H17BrN6O2/c1-31-17-8-4-14(5-9-17)10-28-13-26-18-19-21(25-12-24-20(18)28)29(22(30)27-19)11-15-2-6-16(23)7-3-15/h2-9,12-13H,10-11H2,1H3. The molecule has 31 heavy (non-hydrogen) atoms. The number of ether oxygens (including phenoxy) is 1. The molecule has 8 nitrogen and oxygen atoms in total. The molecule has 3 heterocycles. The van der Waals surface area contributed by atoms with E-state index in [1.807, 2.05) is 53.1 Å². The summed E-state index contributed by atoms with van der Waals surface area (Å²) >= 11 is 3.43. The van der Waals surface area contributed by atoms with Crippen LogP contribution in [0.4, 0.5) is 0 Å². The van der Waals surface area contributed by atoms with E-state index in [1.54, 1.807) is 18.0 Å². The molecule has 3 aromatic rings. The van der Waals surface area contributed by atoms with Gasteiger partial charge in [0.1, 0.15) is 23.3 Å². The summed E-state index contributed by atoms with van der Waals surface area (Å²) in [6.45, 7) is 0.941. The first-order chi connectivity index (χ1) is 15.1. The molecule has 2 aliphatic rings. The number of benzene rings is 2. The molecule has 0 fully saturated rings. The zero-order valence-electron chi connectivity index (χ0n) is 16.6. The van der Waals surface area contributed by atoms with Gasteiger partial charge in [0, 0.05) is 4.47 Å². The second-order valence-electron chi connectivity index (χ2n) is 7.05. The predicted octanol–water partition coefficient (Wildman–Crippen LogP) is 3.36. The second-order valence-corrected chi connectivity index (χ2v) is 7.96. The maximum absolute atomic E-state index is 12.6. The summed E-state index contributed by atoms with van der Waals surface area (Å²) in [7, 11) is 1.64. The van der Waals surface area contributed by atoms with Crippen molar-refractivity contribution in [2.24, 2.45) is 0 Å². The van der Waals surface area contributed by atoms with Crippen LogP contribution in [0, 0.1) is 0 Å². The third kappa shape index (κ3) is 3.68. The van der Waals surface area contributed by atoms with Gasteiger partial charge in [-0.1, -0.05) is 40.2 Å². The Hall–Kier alpha value is -3.59. The van der Waals surface area contributed by atoms with Gasteiger partial charge < -0.3 is 9.30 Å². The fraction of sp³-hybridized carbons (Fsp3) is 0.136. The Balaban J connectivity index is 1.53. The summed E-state index contributed by atoms with van der Waals surface area (Å²) in [5, 5.41) is 0. The Labute approximate surface area is 185 Å². The van der Waals surface area contributed by atoms with Crippen molar-refractivity contribution in [2.45, 2.75) is 13.1 Å². The van der Waals surface area contributed by atoms with Crippen molar-refractivity contribution in [1.29, 1.82) is 0 Å². The number of fused-ring (bicyclic) bond motifs is 3. The van der Waals surface area contributed by atoms with Crippen LogP contribution in [0.25, 0.3) is 22.7 Å². The molecule has 0 amide bonds. The molecule has 0 bridgehead atoms. The number of hydrogen-bond acceptors (Lipinski definition) is 6. The van der Waals surface area contributed by atoms with Crippen LogP contribution in [0.1, 0.15) is 11.1 Å². The Kier molecular flexibility index (Phi) is 4.95. The molecular formula is C22H17BrN6O2. The van der Waals surface area contributed by atoms with Gasteiger partial charge in [-0.15, -0.1) is 0 Å². The van der Waals surface area contributed by atoms with Crippen LogP contribution in [-0.2, 0) is 13.1 Å². The highest BCUT2D eigenvalue weighted by Crippen LogP contribution is 2.24. The molecule has 2 aliphatic heterocycles. The quantitative estimate of drug-likeness (QED) is 0.386. The van der Waals surface area contributed by atoms with E-state index in [-0.39, 0.29) is 5.69 Å². The van der Waals surface area contributed by atoms with Gasteiger partial charge in [0.2, 0.25) is 0 Å². The molecule has 0 N–H and O–H groups in total. The van der Waals surface area contributed by atoms with Gasteiger partial charge in [-0.3, -0.25) is 4.57 Å². The summed E-state index contributed by atoms with van der Waals surface area (Å²) in [4.78, 5) is 30.3. The van der Waals surface area contributed by atoms with Crippen molar-refractivity contribution in [1.82, 2.24) is 29.1 Å². The lowest BCUT2D eigenvalue weighted by Crippen LogP contribution is -2.17. The molecule has 0 saturated heterocycles. The van der Waals surface area contributed by atoms with E-state index in [1.165, 1.54) is 6.33 Å². The van der Waals surface area contributed by atoms with Crippen molar-refractivity contribution >= 4 is 27.1 Å². The Morgan fingerprint density at radius 1 is 0.935 bits per heavy atom. The van der Waals surface area contributed by atoms with Gasteiger partial charge in [-0.2, -0.15) is 4.98 Å². The Morgan fingerprint density at radius 3 is 2.39 bits per heavy atom. The number of nitrogens with zero attached hydrogens (tertiary/aromatic N) is 6. The normalized spacial score (nSPS) is 11.3. The van der Waals surface area contributed by atoms with Gasteiger partial charge in [-0.05, 0) is 35.4 Å². The van der Waals surface area contributed by atoms with Gasteiger partial charge in [-0.25, -0.2) is 19.7 Å². The van der Waals surface area contributed by atoms with E-state index in [2.05, 4.69) is 35.9 Å². The SMILES string of the molecule is COc1ccc(Cn2cnc3c4nc(=O)n(Cc5ccc(Br)cc5)c-4ncnc32)cc1. The Morgan fingerprint density at radius 2 is 1.65 bits per heavy atom. The van der Waals surface area contributed by atoms with Crippen LogP contribution in [0.5, 0.6) is 5.75 Å². The van der Waals surface area contributed by atoms with E-state index in [0.717, 1.165) is 21.3 Å². The summed E-state index contributed by atoms with van der Waals surface area (Å²) in [6, 6.07) is 15.6. The van der Waals surface area contributed by atoms with Crippen molar-refractivity contribution in [3.05, 3.63) is 87.3 Å². The molecule has 0 atom stereocenters. The molecule has 0 spiro atoms.